The number of nitro groups is 1. The summed E-state index contributed by atoms with van der Waals surface area (Å²) >= 11 is 0. The van der Waals surface area contributed by atoms with Crippen LogP contribution in [0.5, 0.6) is 0 Å². The Balaban J connectivity index is 3.69. The Bertz CT molecular complexity index is 577. The van der Waals surface area contributed by atoms with Crippen LogP contribution in [0.15, 0.2) is 11.1 Å². The predicted octanol–water partition coefficient (Wildman–Crippen LogP) is 1.44. The molecule has 0 aliphatic rings. The molecular weight excluding hydrogens is 284 g/mol. The number of nitrogens with two attached hydrogens (primary N) is 1. The molecule has 0 unspecified atom stereocenters. The second-order valence-electron chi connectivity index (χ2n) is 2.77. The fourth-order valence-corrected chi connectivity index (χ4v) is 1.99. The number of nitrogen functional groups attached to an aromatic ring is 1. The number of aromatic nitrogens is 1. The number of alkyl halides is 2. The Morgan fingerprint density at radius 3 is 2.41 bits per heavy atom. The van der Waals surface area contributed by atoms with Crippen LogP contribution in [0.1, 0.15) is 12.1 Å². The molecule has 11 heteroatoms. The number of halogens is 3. The quantitative estimate of drug-likeness (QED) is 0.511. The molecule has 0 aromatic carbocycles. The fourth-order valence-electron chi connectivity index (χ4n) is 1.05. The summed E-state index contributed by atoms with van der Waals surface area (Å²) in [6, 6.07) is 0. The number of hydrogen-bond acceptors (Lipinski definition) is 6. The molecule has 0 radical (unpaired) electrons. The van der Waals surface area contributed by atoms with Gasteiger partial charge in [0.05, 0.1) is 11.1 Å². The summed E-state index contributed by atoms with van der Waals surface area (Å²) in [4.78, 5) is 11.4. The smallest absolute Gasteiger partial charge is 0.315 e. The van der Waals surface area contributed by atoms with Crippen molar-refractivity contribution in [2.75, 3.05) is 5.73 Å². The van der Waals surface area contributed by atoms with E-state index in [1.807, 2.05) is 0 Å². The van der Waals surface area contributed by atoms with Gasteiger partial charge in [-0.05, 0) is 0 Å². The summed E-state index contributed by atoms with van der Waals surface area (Å²) in [6.07, 6.45) is -2.79. The summed E-state index contributed by atoms with van der Waals surface area (Å²) in [5.41, 5.74) is 1.78. The molecule has 1 aromatic rings. The van der Waals surface area contributed by atoms with Crippen LogP contribution >= 0.6 is 10.7 Å². The first-order valence-corrected chi connectivity index (χ1v) is 6.12. The van der Waals surface area contributed by atoms with Crippen molar-refractivity contribution >= 4 is 31.1 Å². The van der Waals surface area contributed by atoms with Crippen molar-refractivity contribution in [2.24, 2.45) is 0 Å². The number of pyridine rings is 1. The molecule has 1 rings (SSSR count). The van der Waals surface area contributed by atoms with E-state index >= 15 is 0 Å². The topological polar surface area (TPSA) is 116 Å². The van der Waals surface area contributed by atoms with Gasteiger partial charge in [0.1, 0.15) is 11.4 Å². The van der Waals surface area contributed by atoms with Crippen LogP contribution in [-0.2, 0) is 9.05 Å². The number of rotatable bonds is 3. The van der Waals surface area contributed by atoms with E-state index in [-0.39, 0.29) is 0 Å². The van der Waals surface area contributed by atoms with Gasteiger partial charge >= 0.3 is 5.69 Å². The van der Waals surface area contributed by atoms with Crippen LogP contribution in [0.3, 0.4) is 0 Å². The molecule has 0 spiro atoms. The predicted molar refractivity (Wildman–Crippen MR) is 53.3 cm³/mol. The molecule has 0 atom stereocenters. The van der Waals surface area contributed by atoms with Gasteiger partial charge in [0.15, 0.2) is 4.90 Å². The number of hydrogen-bond donors (Lipinski definition) is 1. The normalized spacial score (nSPS) is 11.8. The van der Waals surface area contributed by atoms with Gasteiger partial charge in [-0.2, -0.15) is 0 Å². The third-order valence-electron chi connectivity index (χ3n) is 1.74. The molecule has 0 fully saturated rings. The van der Waals surface area contributed by atoms with Gasteiger partial charge in [-0.3, -0.25) is 15.1 Å². The highest BCUT2D eigenvalue weighted by atomic mass is 35.7. The van der Waals surface area contributed by atoms with Crippen molar-refractivity contribution in [3.05, 3.63) is 22.0 Å². The number of nitrogens with zero attached hydrogens (tertiary/aromatic N) is 2. The van der Waals surface area contributed by atoms with Crippen molar-refractivity contribution in [3.63, 3.8) is 0 Å². The Morgan fingerprint density at radius 2 is 2.06 bits per heavy atom. The highest BCUT2D eigenvalue weighted by molar-refractivity contribution is 8.13. The van der Waals surface area contributed by atoms with Crippen molar-refractivity contribution in [1.82, 2.24) is 4.98 Å². The van der Waals surface area contributed by atoms with Crippen molar-refractivity contribution < 1.29 is 22.1 Å². The maximum atomic E-state index is 12.4. The van der Waals surface area contributed by atoms with Crippen LogP contribution in [0.4, 0.5) is 20.2 Å². The molecule has 0 saturated carbocycles. The van der Waals surface area contributed by atoms with Crippen LogP contribution in [0, 0.1) is 10.1 Å². The van der Waals surface area contributed by atoms with Gasteiger partial charge in [0.2, 0.25) is 0 Å². The largest absolute Gasteiger partial charge is 0.391 e. The molecule has 17 heavy (non-hydrogen) atoms. The molecule has 0 saturated heterocycles. The minimum absolute atomic E-state index is 0.373. The second-order valence-corrected chi connectivity index (χ2v) is 5.30. The Hall–Kier alpha value is -1.55. The van der Waals surface area contributed by atoms with Gasteiger partial charge in [0.25, 0.3) is 15.5 Å². The summed E-state index contributed by atoms with van der Waals surface area (Å²) in [5.74, 6) is 0. The van der Waals surface area contributed by atoms with E-state index in [2.05, 4.69) is 4.98 Å². The lowest BCUT2D eigenvalue weighted by Gasteiger charge is -2.06. The van der Waals surface area contributed by atoms with Crippen LogP contribution in [-0.4, -0.2) is 18.3 Å². The van der Waals surface area contributed by atoms with Crippen LogP contribution < -0.4 is 5.73 Å². The van der Waals surface area contributed by atoms with Gasteiger partial charge in [0, 0.05) is 10.7 Å². The van der Waals surface area contributed by atoms with Gasteiger partial charge in [-0.15, -0.1) is 0 Å². The van der Waals surface area contributed by atoms with E-state index < -0.39 is 42.4 Å². The Morgan fingerprint density at radius 1 is 1.53 bits per heavy atom. The molecule has 2 N–H and O–H groups in total. The molecule has 7 nitrogen and oxygen atoms in total. The zero-order valence-electron chi connectivity index (χ0n) is 7.80. The zero-order chi connectivity index (χ0) is 13.4. The van der Waals surface area contributed by atoms with Crippen LogP contribution in [0.2, 0.25) is 0 Å². The lowest BCUT2D eigenvalue weighted by Crippen LogP contribution is -2.08. The lowest BCUT2D eigenvalue weighted by molar-refractivity contribution is -0.387. The summed E-state index contributed by atoms with van der Waals surface area (Å²) in [5, 5.41) is 10.6. The maximum absolute atomic E-state index is 12.4. The minimum atomic E-state index is -4.50. The van der Waals surface area contributed by atoms with E-state index in [4.69, 9.17) is 16.4 Å². The van der Waals surface area contributed by atoms with Gasteiger partial charge in [-0.25, -0.2) is 17.2 Å². The SMILES string of the molecule is Nc1c(C(F)F)ncc(S(=O)(=O)Cl)c1[N+](=O)[O-]. The zero-order valence-corrected chi connectivity index (χ0v) is 9.37. The highest BCUT2D eigenvalue weighted by Gasteiger charge is 2.31. The molecular formula is C6H4ClF2N3O4S. The van der Waals surface area contributed by atoms with E-state index in [1.54, 1.807) is 0 Å². The molecule has 0 bridgehead atoms. The van der Waals surface area contributed by atoms with Gasteiger partial charge in [-0.1, -0.05) is 0 Å². The number of anilines is 1. The minimum Gasteiger partial charge on any atom is -0.391 e. The molecule has 0 amide bonds. The maximum Gasteiger partial charge on any atom is 0.315 e. The van der Waals surface area contributed by atoms with Gasteiger partial charge < -0.3 is 5.73 Å². The van der Waals surface area contributed by atoms with Crippen molar-refractivity contribution in [3.8, 4) is 0 Å². The van der Waals surface area contributed by atoms with E-state index in [0.29, 0.717) is 6.20 Å². The fraction of sp³-hybridized carbons (Fsp3) is 0.167. The first kappa shape index (κ1) is 13.5. The summed E-state index contributed by atoms with van der Waals surface area (Å²) < 4.78 is 46.6. The van der Waals surface area contributed by atoms with E-state index in [9.17, 15) is 27.3 Å². The van der Waals surface area contributed by atoms with Crippen molar-refractivity contribution in [2.45, 2.75) is 11.3 Å². The molecule has 1 heterocycles. The van der Waals surface area contributed by atoms with E-state index in [1.165, 1.54) is 0 Å². The molecule has 0 aliphatic carbocycles. The van der Waals surface area contributed by atoms with Crippen molar-refractivity contribution in [1.29, 1.82) is 0 Å². The summed E-state index contributed by atoms with van der Waals surface area (Å²) in [6.45, 7) is 0. The first-order valence-electron chi connectivity index (χ1n) is 3.81. The average Bonchev–Trinajstić information content (AvgIpc) is 2.14. The Kier molecular flexibility index (Phi) is 3.48. The highest BCUT2D eigenvalue weighted by Crippen LogP contribution is 2.36. The second kappa shape index (κ2) is 4.37. The standard InChI is InChI=1S/C6H4ClF2N3O4S/c7-17(15,16)2-1-11-4(6(8)9)3(10)5(2)12(13)14/h1,6H,10H2. The van der Waals surface area contributed by atoms with Crippen LogP contribution in [0.25, 0.3) is 0 Å². The molecule has 1 aromatic heterocycles. The summed E-state index contributed by atoms with van der Waals surface area (Å²) in [7, 11) is 0.396. The molecule has 94 valence electrons. The lowest BCUT2D eigenvalue weighted by atomic mass is 10.2. The third-order valence-corrected chi connectivity index (χ3v) is 3.06. The average molecular weight is 288 g/mol. The Labute approximate surface area is 97.8 Å². The van der Waals surface area contributed by atoms with E-state index in [0.717, 1.165) is 0 Å². The molecule has 0 aliphatic heterocycles. The monoisotopic (exact) mass is 287 g/mol. The first-order chi connectivity index (χ1) is 7.66. The third kappa shape index (κ3) is 2.58.